The van der Waals surface area contributed by atoms with Crippen LogP contribution < -0.4 is 5.32 Å². The largest absolute Gasteiger partial charge is 0.337 e. The SMILES string of the molecule is Cc1nc(S[C@H](C)C(=O)N[C@@](C)(C#N)C(C)C)c2c(C)c(C)sc2n1. The van der Waals surface area contributed by atoms with E-state index in [1.54, 1.807) is 18.3 Å². The number of nitrogens with one attached hydrogen (secondary N) is 1. The first-order valence-corrected chi connectivity index (χ1v) is 9.93. The molecular weight excluding hydrogens is 352 g/mol. The van der Waals surface area contributed by atoms with Gasteiger partial charge < -0.3 is 5.32 Å². The summed E-state index contributed by atoms with van der Waals surface area (Å²) >= 11 is 3.07. The summed E-state index contributed by atoms with van der Waals surface area (Å²) in [7, 11) is 0. The third-order valence-electron chi connectivity index (χ3n) is 4.53. The van der Waals surface area contributed by atoms with Crippen molar-refractivity contribution in [3.05, 3.63) is 16.3 Å². The first kappa shape index (κ1) is 19.7. The second kappa shape index (κ2) is 7.30. The zero-order valence-electron chi connectivity index (χ0n) is 15.7. The van der Waals surface area contributed by atoms with E-state index >= 15 is 0 Å². The topological polar surface area (TPSA) is 78.7 Å². The summed E-state index contributed by atoms with van der Waals surface area (Å²) in [5, 5.41) is 13.8. The van der Waals surface area contributed by atoms with E-state index in [9.17, 15) is 10.1 Å². The Labute approximate surface area is 157 Å². The maximum absolute atomic E-state index is 12.6. The molecule has 0 radical (unpaired) electrons. The molecule has 0 aliphatic rings. The third kappa shape index (κ3) is 3.96. The molecule has 134 valence electrons. The Balaban J connectivity index is 2.29. The summed E-state index contributed by atoms with van der Waals surface area (Å²) in [5.74, 6) is 0.568. The number of rotatable bonds is 5. The zero-order valence-corrected chi connectivity index (χ0v) is 17.4. The quantitative estimate of drug-likeness (QED) is 0.626. The lowest BCUT2D eigenvalue weighted by Gasteiger charge is -2.28. The summed E-state index contributed by atoms with van der Waals surface area (Å²) in [6.07, 6.45) is 0. The molecule has 0 aromatic carbocycles. The molecule has 0 fully saturated rings. The highest BCUT2D eigenvalue weighted by molar-refractivity contribution is 8.00. The number of amides is 1. The molecule has 2 aromatic rings. The van der Waals surface area contributed by atoms with Gasteiger partial charge in [-0.3, -0.25) is 4.79 Å². The highest BCUT2D eigenvalue weighted by atomic mass is 32.2. The summed E-state index contributed by atoms with van der Waals surface area (Å²) in [6, 6.07) is 2.21. The minimum Gasteiger partial charge on any atom is -0.337 e. The Morgan fingerprint density at radius 2 is 1.92 bits per heavy atom. The van der Waals surface area contributed by atoms with Crippen LogP contribution in [0.1, 0.15) is 44.0 Å². The minimum absolute atomic E-state index is 0.0217. The molecular formula is C18H24N4OS2. The monoisotopic (exact) mass is 376 g/mol. The lowest BCUT2D eigenvalue weighted by Crippen LogP contribution is -2.51. The molecule has 25 heavy (non-hydrogen) atoms. The van der Waals surface area contributed by atoms with Gasteiger partial charge in [-0.1, -0.05) is 25.6 Å². The Morgan fingerprint density at radius 3 is 2.48 bits per heavy atom. The molecule has 0 saturated carbocycles. The molecule has 0 bridgehead atoms. The smallest absolute Gasteiger partial charge is 0.234 e. The number of thioether (sulfide) groups is 1. The van der Waals surface area contributed by atoms with Gasteiger partial charge in [0.2, 0.25) is 5.91 Å². The zero-order chi connectivity index (χ0) is 18.9. The number of carbonyl (C=O) groups excluding carboxylic acids is 1. The third-order valence-corrected chi connectivity index (χ3v) is 6.72. The summed E-state index contributed by atoms with van der Waals surface area (Å²) in [6.45, 7) is 13.5. The van der Waals surface area contributed by atoms with Crippen molar-refractivity contribution in [1.29, 1.82) is 5.26 Å². The molecule has 1 N–H and O–H groups in total. The molecule has 7 heteroatoms. The van der Waals surface area contributed by atoms with Crippen molar-refractivity contribution in [2.45, 2.75) is 64.3 Å². The van der Waals surface area contributed by atoms with Crippen LogP contribution in [0.15, 0.2) is 5.03 Å². The van der Waals surface area contributed by atoms with Crippen molar-refractivity contribution in [3.8, 4) is 6.07 Å². The fourth-order valence-corrected chi connectivity index (χ4v) is 4.47. The van der Waals surface area contributed by atoms with Crippen molar-refractivity contribution in [1.82, 2.24) is 15.3 Å². The maximum Gasteiger partial charge on any atom is 0.234 e. The molecule has 0 unspecified atom stereocenters. The number of hydrogen-bond donors (Lipinski definition) is 1. The number of thiophene rings is 1. The second-order valence-corrected chi connectivity index (χ2v) is 9.29. The predicted molar refractivity (Wildman–Crippen MR) is 104 cm³/mol. The van der Waals surface area contributed by atoms with Crippen LogP contribution in [0.2, 0.25) is 0 Å². The van der Waals surface area contributed by atoms with Crippen LogP contribution in [-0.4, -0.2) is 26.7 Å². The van der Waals surface area contributed by atoms with Crippen molar-refractivity contribution >= 4 is 39.2 Å². The van der Waals surface area contributed by atoms with E-state index in [0.717, 1.165) is 15.2 Å². The molecule has 0 saturated heterocycles. The van der Waals surface area contributed by atoms with E-state index in [1.807, 2.05) is 27.7 Å². The van der Waals surface area contributed by atoms with Gasteiger partial charge in [-0.15, -0.1) is 11.3 Å². The number of nitriles is 1. The molecule has 2 aromatic heterocycles. The van der Waals surface area contributed by atoms with Crippen LogP contribution in [0.25, 0.3) is 10.2 Å². The Morgan fingerprint density at radius 1 is 1.28 bits per heavy atom. The lowest BCUT2D eigenvalue weighted by atomic mass is 9.90. The van der Waals surface area contributed by atoms with Crippen molar-refractivity contribution < 1.29 is 4.79 Å². The molecule has 2 heterocycles. The number of hydrogen-bond acceptors (Lipinski definition) is 6. The number of aromatic nitrogens is 2. The number of carbonyl (C=O) groups is 1. The molecule has 2 rings (SSSR count). The van der Waals surface area contributed by atoms with E-state index in [2.05, 4.69) is 35.2 Å². The van der Waals surface area contributed by atoms with Gasteiger partial charge >= 0.3 is 0 Å². The average Bonchev–Trinajstić information content (AvgIpc) is 2.81. The standard InChI is InChI=1S/C18H24N4OS2/c1-9(2)18(7,8-19)22-15(23)12(5)25-17-14-10(3)11(4)24-16(14)20-13(6)21-17/h9,12H,1-7H3,(H,22,23)/t12-,18+/m1/s1. The molecule has 0 spiro atoms. The molecule has 1 amide bonds. The predicted octanol–water partition coefficient (Wildman–Crippen LogP) is 4.15. The van der Waals surface area contributed by atoms with Crippen molar-refractivity contribution in [2.75, 3.05) is 0 Å². The van der Waals surface area contributed by atoms with E-state index in [4.69, 9.17) is 0 Å². The van der Waals surface area contributed by atoms with Gasteiger partial charge in [0.05, 0.1) is 11.3 Å². The van der Waals surface area contributed by atoms with Gasteiger partial charge in [-0.25, -0.2) is 9.97 Å². The molecule has 0 aliphatic heterocycles. The van der Waals surface area contributed by atoms with E-state index < -0.39 is 5.54 Å². The average molecular weight is 377 g/mol. The van der Waals surface area contributed by atoms with Crippen LogP contribution in [0.5, 0.6) is 0 Å². The van der Waals surface area contributed by atoms with Gasteiger partial charge in [0.1, 0.15) is 21.2 Å². The van der Waals surface area contributed by atoms with Crippen molar-refractivity contribution in [2.24, 2.45) is 5.92 Å². The van der Waals surface area contributed by atoms with Crippen LogP contribution in [0.4, 0.5) is 0 Å². The minimum atomic E-state index is -0.877. The Bertz CT molecular complexity index is 853. The van der Waals surface area contributed by atoms with E-state index in [1.165, 1.54) is 22.2 Å². The molecule has 0 aliphatic carbocycles. The lowest BCUT2D eigenvalue weighted by molar-refractivity contribution is -0.121. The van der Waals surface area contributed by atoms with Gasteiger partial charge in [0, 0.05) is 10.3 Å². The number of aryl methyl sites for hydroxylation is 3. The normalized spacial score (nSPS) is 15.0. The first-order valence-electron chi connectivity index (χ1n) is 8.23. The first-order chi connectivity index (χ1) is 11.6. The molecule has 2 atom stereocenters. The van der Waals surface area contributed by atoms with Gasteiger partial charge in [-0.2, -0.15) is 5.26 Å². The van der Waals surface area contributed by atoms with Crippen LogP contribution in [0, 0.1) is 38.0 Å². The van der Waals surface area contributed by atoms with Crippen LogP contribution >= 0.6 is 23.1 Å². The fourth-order valence-electron chi connectivity index (χ4n) is 2.28. The summed E-state index contributed by atoms with van der Waals surface area (Å²) in [4.78, 5) is 23.9. The van der Waals surface area contributed by atoms with E-state index in [-0.39, 0.29) is 17.1 Å². The number of fused-ring (bicyclic) bond motifs is 1. The van der Waals surface area contributed by atoms with Gasteiger partial charge in [0.15, 0.2) is 0 Å². The second-order valence-electron chi connectivity index (χ2n) is 6.76. The highest BCUT2D eigenvalue weighted by Gasteiger charge is 2.32. The molecule has 5 nitrogen and oxygen atoms in total. The van der Waals surface area contributed by atoms with Crippen LogP contribution in [0.3, 0.4) is 0 Å². The number of nitrogens with zero attached hydrogens (tertiary/aromatic N) is 3. The fraction of sp³-hybridized carbons (Fsp3) is 0.556. The highest BCUT2D eigenvalue weighted by Crippen LogP contribution is 2.36. The maximum atomic E-state index is 12.6. The van der Waals surface area contributed by atoms with Gasteiger partial charge in [-0.05, 0) is 46.1 Å². The van der Waals surface area contributed by atoms with Gasteiger partial charge in [0.25, 0.3) is 0 Å². The van der Waals surface area contributed by atoms with E-state index in [0.29, 0.717) is 5.82 Å². The summed E-state index contributed by atoms with van der Waals surface area (Å²) < 4.78 is 0. The van der Waals surface area contributed by atoms with Crippen molar-refractivity contribution in [3.63, 3.8) is 0 Å². The summed E-state index contributed by atoms with van der Waals surface area (Å²) in [5.41, 5.74) is 0.289. The Kier molecular flexibility index (Phi) is 5.75. The Hall–Kier alpha value is -1.65. The van der Waals surface area contributed by atoms with Crippen LogP contribution in [-0.2, 0) is 4.79 Å².